The van der Waals surface area contributed by atoms with Crippen LogP contribution in [0.1, 0.15) is 39.6 Å². The first-order chi connectivity index (χ1) is 15.8. The van der Waals surface area contributed by atoms with Crippen molar-refractivity contribution >= 4 is 28.2 Å². The maximum atomic E-state index is 3.92. The predicted molar refractivity (Wildman–Crippen MR) is 134 cm³/mol. The summed E-state index contributed by atoms with van der Waals surface area (Å²) in [7, 11) is 0. The van der Waals surface area contributed by atoms with Crippen LogP contribution in [0.15, 0.2) is 91.0 Å². The molecule has 1 aromatic heterocycles. The van der Waals surface area contributed by atoms with Crippen molar-refractivity contribution in [3.05, 3.63) is 125 Å². The molecule has 5 aromatic rings. The number of H-pyrrole nitrogens is 1. The number of anilines is 1. The minimum atomic E-state index is 0.0685. The molecule has 32 heavy (non-hydrogen) atoms. The second kappa shape index (κ2) is 6.48. The topological polar surface area (TPSA) is 27.8 Å². The Kier molecular flexibility index (Phi) is 3.57. The lowest BCUT2D eigenvalue weighted by molar-refractivity contribution is 0.948. The van der Waals surface area contributed by atoms with Crippen molar-refractivity contribution in [3.8, 4) is 11.1 Å². The minimum absolute atomic E-state index is 0.0685. The van der Waals surface area contributed by atoms with Gasteiger partial charge in [0.15, 0.2) is 0 Å². The maximum absolute atomic E-state index is 3.92. The number of fused-ring (bicyclic) bond motifs is 4. The van der Waals surface area contributed by atoms with Gasteiger partial charge in [-0.1, -0.05) is 84.4 Å². The van der Waals surface area contributed by atoms with E-state index in [0.717, 1.165) is 0 Å². The predicted octanol–water partition coefficient (Wildman–Crippen LogP) is 7.56. The van der Waals surface area contributed by atoms with E-state index in [9.17, 15) is 0 Å². The van der Waals surface area contributed by atoms with Crippen LogP contribution in [0, 0.1) is 6.92 Å². The molecule has 2 aliphatic rings. The summed E-state index contributed by atoms with van der Waals surface area (Å²) in [6, 6.07) is 33.0. The summed E-state index contributed by atoms with van der Waals surface area (Å²) in [5.74, 6) is 0. The molecule has 4 aromatic carbocycles. The average Bonchev–Trinajstić information content (AvgIpc) is 3.07. The van der Waals surface area contributed by atoms with E-state index in [-0.39, 0.29) is 6.04 Å². The van der Waals surface area contributed by atoms with Crippen LogP contribution in [0.4, 0.5) is 5.69 Å². The normalized spacial score (nSPS) is 15.8. The van der Waals surface area contributed by atoms with Crippen LogP contribution in [0.2, 0.25) is 0 Å². The molecule has 2 nitrogen and oxygen atoms in total. The number of rotatable bonds is 1. The van der Waals surface area contributed by atoms with E-state index in [0.29, 0.717) is 0 Å². The zero-order chi connectivity index (χ0) is 21.2. The summed E-state index contributed by atoms with van der Waals surface area (Å²) in [5.41, 5.74) is 13.8. The van der Waals surface area contributed by atoms with Crippen LogP contribution < -0.4 is 5.32 Å². The van der Waals surface area contributed by atoms with E-state index in [4.69, 9.17) is 0 Å². The van der Waals surface area contributed by atoms with E-state index in [1.807, 2.05) is 0 Å². The fraction of sp³-hybridized carbons (Fsp3) is 0.0667. The first-order valence-corrected chi connectivity index (χ1v) is 11.2. The van der Waals surface area contributed by atoms with Crippen molar-refractivity contribution in [1.82, 2.24) is 4.98 Å². The summed E-state index contributed by atoms with van der Waals surface area (Å²) in [5, 5.41) is 5.24. The van der Waals surface area contributed by atoms with Crippen LogP contribution in [-0.4, -0.2) is 4.98 Å². The van der Waals surface area contributed by atoms with E-state index in [2.05, 4.69) is 114 Å². The van der Waals surface area contributed by atoms with Gasteiger partial charge in [-0.2, -0.15) is 0 Å². The van der Waals surface area contributed by atoms with Gasteiger partial charge in [-0.05, 0) is 47.4 Å². The standard InChI is InChI=1S/C30H22N2/c1-18-13-15-19(16-14-18)24-17-20-7-2-3-8-21(20)29-28-27-23(10-6-12-26(27)32-30(24)28)22-9-4-5-11-25(22)31-29/h2-17,29,31-32H,1H3. The van der Waals surface area contributed by atoms with Gasteiger partial charge < -0.3 is 10.3 Å². The Hall–Kier alpha value is -4.04. The molecule has 1 aliphatic carbocycles. The average molecular weight is 411 g/mol. The lowest BCUT2D eigenvalue weighted by Crippen LogP contribution is -2.13. The fourth-order valence-corrected chi connectivity index (χ4v) is 5.40. The van der Waals surface area contributed by atoms with Crippen LogP contribution in [0.3, 0.4) is 0 Å². The zero-order valence-corrected chi connectivity index (χ0v) is 17.8. The largest absolute Gasteiger partial charge is 0.374 e. The molecular weight excluding hydrogens is 388 g/mol. The van der Waals surface area contributed by atoms with Gasteiger partial charge in [0.05, 0.1) is 11.7 Å². The molecule has 0 saturated heterocycles. The molecule has 0 spiro atoms. The van der Waals surface area contributed by atoms with Crippen LogP contribution in [0.5, 0.6) is 0 Å². The van der Waals surface area contributed by atoms with E-state index >= 15 is 0 Å². The second-order valence-corrected chi connectivity index (χ2v) is 8.82. The Morgan fingerprint density at radius 3 is 2.41 bits per heavy atom. The number of benzene rings is 4. The van der Waals surface area contributed by atoms with Crippen LogP contribution >= 0.6 is 0 Å². The number of para-hydroxylation sites is 1. The van der Waals surface area contributed by atoms with Crippen LogP contribution in [-0.2, 0) is 0 Å². The SMILES string of the molecule is Cc1ccc(C2=Cc3ccccc3C3Nc4ccccc4-c4cccc5[nH]c2c3c45)cc1. The molecule has 0 bridgehead atoms. The Morgan fingerprint density at radius 1 is 0.719 bits per heavy atom. The summed E-state index contributed by atoms with van der Waals surface area (Å²) in [6.07, 6.45) is 2.35. The van der Waals surface area contributed by atoms with Gasteiger partial charge in [-0.25, -0.2) is 0 Å². The van der Waals surface area contributed by atoms with Crippen molar-refractivity contribution in [2.24, 2.45) is 0 Å². The van der Waals surface area contributed by atoms with Gasteiger partial charge in [0, 0.05) is 33.3 Å². The van der Waals surface area contributed by atoms with Gasteiger partial charge in [0.25, 0.3) is 0 Å². The molecule has 1 atom stereocenters. The van der Waals surface area contributed by atoms with Gasteiger partial charge in [0.2, 0.25) is 0 Å². The lowest BCUT2D eigenvalue weighted by atomic mass is 9.92. The first kappa shape index (κ1) is 17.6. The number of aromatic nitrogens is 1. The van der Waals surface area contributed by atoms with Crippen molar-refractivity contribution in [2.45, 2.75) is 13.0 Å². The maximum Gasteiger partial charge on any atom is 0.0800 e. The lowest BCUT2D eigenvalue weighted by Gasteiger charge is -2.21. The minimum Gasteiger partial charge on any atom is -0.374 e. The number of hydrogen-bond donors (Lipinski definition) is 2. The van der Waals surface area contributed by atoms with E-state index in [1.165, 1.54) is 66.8 Å². The monoisotopic (exact) mass is 410 g/mol. The summed E-state index contributed by atoms with van der Waals surface area (Å²) in [4.78, 5) is 3.82. The molecule has 2 N–H and O–H groups in total. The molecule has 0 radical (unpaired) electrons. The van der Waals surface area contributed by atoms with E-state index < -0.39 is 0 Å². The molecule has 7 rings (SSSR count). The smallest absolute Gasteiger partial charge is 0.0800 e. The van der Waals surface area contributed by atoms with E-state index in [1.54, 1.807) is 0 Å². The molecule has 0 amide bonds. The van der Waals surface area contributed by atoms with Gasteiger partial charge in [-0.3, -0.25) is 0 Å². The molecule has 2 heterocycles. The third-order valence-corrected chi connectivity index (χ3v) is 6.91. The van der Waals surface area contributed by atoms with Crippen molar-refractivity contribution < 1.29 is 0 Å². The Bertz CT molecular complexity index is 1550. The summed E-state index contributed by atoms with van der Waals surface area (Å²) >= 11 is 0. The molecule has 1 aliphatic heterocycles. The van der Waals surface area contributed by atoms with Crippen molar-refractivity contribution in [2.75, 3.05) is 5.32 Å². The van der Waals surface area contributed by atoms with Crippen LogP contribution in [0.25, 0.3) is 33.7 Å². The Labute approximate surface area is 187 Å². The highest BCUT2D eigenvalue weighted by atomic mass is 14.9. The molecule has 152 valence electrons. The number of nitrogens with one attached hydrogen (secondary N) is 2. The number of aryl methyl sites for hydroxylation is 1. The highest BCUT2D eigenvalue weighted by Gasteiger charge is 2.32. The Morgan fingerprint density at radius 2 is 1.50 bits per heavy atom. The summed E-state index contributed by atoms with van der Waals surface area (Å²) in [6.45, 7) is 2.14. The second-order valence-electron chi connectivity index (χ2n) is 8.82. The van der Waals surface area contributed by atoms with Gasteiger partial charge >= 0.3 is 0 Å². The fourth-order valence-electron chi connectivity index (χ4n) is 5.40. The molecular formula is C30H22N2. The number of hydrogen-bond acceptors (Lipinski definition) is 1. The third kappa shape index (κ3) is 2.41. The summed E-state index contributed by atoms with van der Waals surface area (Å²) < 4.78 is 0. The molecule has 0 fully saturated rings. The van der Waals surface area contributed by atoms with Gasteiger partial charge in [0.1, 0.15) is 0 Å². The molecule has 0 saturated carbocycles. The molecule has 2 heteroatoms. The van der Waals surface area contributed by atoms with Gasteiger partial charge in [-0.15, -0.1) is 0 Å². The van der Waals surface area contributed by atoms with Crippen molar-refractivity contribution in [3.63, 3.8) is 0 Å². The zero-order valence-electron chi connectivity index (χ0n) is 17.8. The number of aromatic amines is 1. The quantitative estimate of drug-likeness (QED) is 0.293. The van der Waals surface area contributed by atoms with Crippen molar-refractivity contribution in [1.29, 1.82) is 0 Å². The Balaban J connectivity index is 1.63. The first-order valence-electron chi connectivity index (χ1n) is 11.2. The highest BCUT2D eigenvalue weighted by molar-refractivity contribution is 6.08. The third-order valence-electron chi connectivity index (χ3n) is 6.91. The highest BCUT2D eigenvalue weighted by Crippen LogP contribution is 2.49. The molecule has 1 unspecified atom stereocenters.